The molecule has 1 heterocycles. The lowest BCUT2D eigenvalue weighted by molar-refractivity contribution is -0.115. The molecule has 0 aliphatic carbocycles. The molecule has 0 radical (unpaired) electrons. The first-order valence-corrected chi connectivity index (χ1v) is 11.6. The molecule has 0 atom stereocenters. The van der Waals surface area contributed by atoms with E-state index in [9.17, 15) is 4.79 Å². The Bertz CT molecular complexity index is 1090. The summed E-state index contributed by atoms with van der Waals surface area (Å²) >= 11 is 4.88. The van der Waals surface area contributed by atoms with Crippen LogP contribution in [0.15, 0.2) is 101 Å². The summed E-state index contributed by atoms with van der Waals surface area (Å²) in [6.45, 7) is 0. The number of aromatic nitrogens is 2. The van der Waals surface area contributed by atoms with Gasteiger partial charge in [-0.15, -0.1) is 0 Å². The van der Waals surface area contributed by atoms with E-state index < -0.39 is 0 Å². The molecule has 0 fully saturated rings. The molecule has 0 saturated carbocycles. The molecule has 0 aliphatic heterocycles. The molecule has 1 aromatic heterocycles. The van der Waals surface area contributed by atoms with Crippen molar-refractivity contribution in [2.75, 3.05) is 11.1 Å². The molecule has 0 spiro atoms. The first kappa shape index (κ1) is 21.3. The Hall–Kier alpha value is -2.96. The molecule has 6 heteroatoms. The number of thioether (sulfide) groups is 1. The molecule has 4 aromatic rings. The van der Waals surface area contributed by atoms with Crippen molar-refractivity contribution < 1.29 is 4.79 Å². The van der Waals surface area contributed by atoms with Gasteiger partial charge in [0.25, 0.3) is 0 Å². The van der Waals surface area contributed by atoms with Crippen LogP contribution in [0.2, 0.25) is 0 Å². The topological polar surface area (TPSA) is 54.9 Å². The number of hydrogen-bond donors (Lipinski definition) is 1. The van der Waals surface area contributed by atoms with Gasteiger partial charge in [0, 0.05) is 33.5 Å². The number of carbonyl (C=O) groups is 1. The fourth-order valence-electron chi connectivity index (χ4n) is 3.00. The van der Waals surface area contributed by atoms with E-state index in [1.165, 1.54) is 11.8 Å². The molecule has 0 aliphatic rings. The first-order chi connectivity index (χ1) is 15.2. The summed E-state index contributed by atoms with van der Waals surface area (Å²) in [4.78, 5) is 21.8. The lowest BCUT2D eigenvalue weighted by Gasteiger charge is -2.09. The Balaban J connectivity index is 1.48. The zero-order valence-electron chi connectivity index (χ0n) is 16.7. The van der Waals surface area contributed by atoms with Gasteiger partial charge < -0.3 is 5.32 Å². The summed E-state index contributed by atoms with van der Waals surface area (Å²) in [6.07, 6.45) is 0.375. The van der Waals surface area contributed by atoms with Crippen LogP contribution in [0.1, 0.15) is 6.42 Å². The highest BCUT2D eigenvalue weighted by atomic mass is 79.9. The van der Waals surface area contributed by atoms with E-state index in [1.807, 2.05) is 91.0 Å². The van der Waals surface area contributed by atoms with Crippen LogP contribution in [-0.4, -0.2) is 21.6 Å². The largest absolute Gasteiger partial charge is 0.326 e. The van der Waals surface area contributed by atoms with Gasteiger partial charge in [0.05, 0.1) is 11.4 Å². The van der Waals surface area contributed by atoms with Crippen molar-refractivity contribution in [2.45, 2.75) is 11.6 Å². The van der Waals surface area contributed by atoms with Crippen LogP contribution >= 0.6 is 27.7 Å². The molecular formula is C25H20BrN3OS. The van der Waals surface area contributed by atoms with Crippen molar-refractivity contribution in [1.29, 1.82) is 0 Å². The molecule has 1 amide bonds. The number of halogens is 1. The Labute approximate surface area is 194 Å². The van der Waals surface area contributed by atoms with Crippen molar-refractivity contribution in [1.82, 2.24) is 9.97 Å². The standard InChI is InChI=1S/C25H20BrN3OS/c26-20-11-13-21(14-12-20)27-24(30)15-16-31-25-28-22(18-7-3-1-4-8-18)17-23(29-25)19-9-5-2-6-10-19/h1-14,17H,15-16H2,(H,27,30). The fraction of sp³-hybridized carbons (Fsp3) is 0.0800. The van der Waals surface area contributed by atoms with E-state index in [0.29, 0.717) is 17.3 Å². The predicted octanol–water partition coefficient (Wildman–Crippen LogP) is 6.69. The molecule has 4 nitrogen and oxygen atoms in total. The van der Waals surface area contributed by atoms with Gasteiger partial charge in [-0.25, -0.2) is 9.97 Å². The molecule has 3 aromatic carbocycles. The molecule has 0 saturated heterocycles. The first-order valence-electron chi connectivity index (χ1n) is 9.85. The SMILES string of the molecule is O=C(CCSc1nc(-c2ccccc2)cc(-c2ccccc2)n1)Nc1ccc(Br)cc1. The van der Waals surface area contributed by atoms with Crippen LogP contribution in [0.25, 0.3) is 22.5 Å². The van der Waals surface area contributed by atoms with Gasteiger partial charge in [0.15, 0.2) is 5.16 Å². The fourth-order valence-corrected chi connectivity index (χ4v) is 4.06. The van der Waals surface area contributed by atoms with E-state index in [1.54, 1.807) is 0 Å². The van der Waals surface area contributed by atoms with E-state index in [4.69, 9.17) is 9.97 Å². The molecule has 0 bridgehead atoms. The minimum Gasteiger partial charge on any atom is -0.326 e. The second kappa shape index (κ2) is 10.4. The maximum absolute atomic E-state index is 12.3. The van der Waals surface area contributed by atoms with Gasteiger partial charge in [-0.05, 0) is 30.3 Å². The van der Waals surface area contributed by atoms with Crippen LogP contribution in [0.5, 0.6) is 0 Å². The second-order valence-electron chi connectivity index (χ2n) is 6.81. The smallest absolute Gasteiger partial charge is 0.225 e. The summed E-state index contributed by atoms with van der Waals surface area (Å²) in [5.41, 5.74) is 4.60. The van der Waals surface area contributed by atoms with Crippen LogP contribution < -0.4 is 5.32 Å². The molecule has 31 heavy (non-hydrogen) atoms. The number of nitrogens with zero attached hydrogens (tertiary/aromatic N) is 2. The molecule has 0 unspecified atom stereocenters. The monoisotopic (exact) mass is 489 g/mol. The number of nitrogens with one attached hydrogen (secondary N) is 1. The number of anilines is 1. The van der Waals surface area contributed by atoms with Gasteiger partial charge >= 0.3 is 0 Å². The predicted molar refractivity (Wildman–Crippen MR) is 131 cm³/mol. The average Bonchev–Trinajstić information content (AvgIpc) is 2.81. The van der Waals surface area contributed by atoms with Crippen molar-refractivity contribution in [3.8, 4) is 22.5 Å². The number of benzene rings is 3. The molecular weight excluding hydrogens is 470 g/mol. The highest BCUT2D eigenvalue weighted by Crippen LogP contribution is 2.27. The Morgan fingerprint density at radius 1 is 0.806 bits per heavy atom. The van der Waals surface area contributed by atoms with Gasteiger partial charge in [0.2, 0.25) is 5.91 Å². The minimum absolute atomic E-state index is 0.0303. The number of amides is 1. The van der Waals surface area contributed by atoms with Crippen molar-refractivity contribution >= 4 is 39.3 Å². The van der Waals surface area contributed by atoms with E-state index in [2.05, 4.69) is 21.2 Å². The van der Waals surface area contributed by atoms with Crippen molar-refractivity contribution in [3.05, 3.63) is 95.5 Å². The van der Waals surface area contributed by atoms with Crippen LogP contribution in [0, 0.1) is 0 Å². The Kier molecular flexibility index (Phi) is 7.12. The number of carbonyl (C=O) groups excluding carboxylic acids is 1. The number of rotatable bonds is 7. The summed E-state index contributed by atoms with van der Waals surface area (Å²) in [5.74, 6) is 0.562. The third kappa shape index (κ3) is 6.03. The third-order valence-corrected chi connectivity index (χ3v) is 5.91. The Morgan fingerprint density at radius 3 is 1.90 bits per heavy atom. The number of hydrogen-bond acceptors (Lipinski definition) is 4. The zero-order chi connectivity index (χ0) is 21.5. The normalized spacial score (nSPS) is 10.6. The van der Waals surface area contributed by atoms with Crippen molar-refractivity contribution in [2.24, 2.45) is 0 Å². The molecule has 4 rings (SSSR count). The van der Waals surface area contributed by atoms with E-state index in [0.717, 1.165) is 32.7 Å². The lowest BCUT2D eigenvalue weighted by atomic mass is 10.1. The quantitative estimate of drug-likeness (QED) is 0.232. The lowest BCUT2D eigenvalue weighted by Crippen LogP contribution is -2.12. The van der Waals surface area contributed by atoms with Gasteiger partial charge in [-0.1, -0.05) is 88.4 Å². The Morgan fingerprint density at radius 2 is 1.35 bits per heavy atom. The van der Waals surface area contributed by atoms with E-state index >= 15 is 0 Å². The van der Waals surface area contributed by atoms with E-state index in [-0.39, 0.29) is 5.91 Å². The third-order valence-electron chi connectivity index (χ3n) is 4.53. The summed E-state index contributed by atoms with van der Waals surface area (Å²) in [6, 6.07) is 29.7. The van der Waals surface area contributed by atoms with Crippen LogP contribution in [-0.2, 0) is 4.79 Å². The van der Waals surface area contributed by atoms with Gasteiger partial charge in [-0.2, -0.15) is 0 Å². The maximum atomic E-state index is 12.3. The average molecular weight is 490 g/mol. The highest BCUT2D eigenvalue weighted by molar-refractivity contribution is 9.10. The zero-order valence-corrected chi connectivity index (χ0v) is 19.1. The van der Waals surface area contributed by atoms with Crippen molar-refractivity contribution in [3.63, 3.8) is 0 Å². The molecule has 1 N–H and O–H groups in total. The maximum Gasteiger partial charge on any atom is 0.225 e. The minimum atomic E-state index is -0.0303. The van der Waals surface area contributed by atoms with Crippen LogP contribution in [0.4, 0.5) is 5.69 Å². The van der Waals surface area contributed by atoms with Gasteiger partial charge in [-0.3, -0.25) is 4.79 Å². The highest BCUT2D eigenvalue weighted by Gasteiger charge is 2.10. The van der Waals surface area contributed by atoms with Gasteiger partial charge in [0.1, 0.15) is 0 Å². The van der Waals surface area contributed by atoms with Crippen LogP contribution in [0.3, 0.4) is 0 Å². The summed E-state index contributed by atoms with van der Waals surface area (Å²) in [7, 11) is 0. The molecule has 154 valence electrons. The summed E-state index contributed by atoms with van der Waals surface area (Å²) in [5, 5.41) is 3.58. The second-order valence-corrected chi connectivity index (χ2v) is 8.78. The summed E-state index contributed by atoms with van der Waals surface area (Å²) < 4.78 is 0.978.